The Kier molecular flexibility index (Phi) is 7.03. The number of methoxy groups -OCH3 is 1. The van der Waals surface area contributed by atoms with Crippen molar-refractivity contribution >= 4 is 34.4 Å². The second kappa shape index (κ2) is 9.56. The molecule has 9 heteroatoms. The van der Waals surface area contributed by atoms with Crippen molar-refractivity contribution < 1.29 is 33.0 Å². The molecule has 2 aromatic carbocycles. The molecule has 170 valence electrons. The fourth-order valence-corrected chi connectivity index (χ4v) is 4.12. The molecule has 0 aliphatic rings. The summed E-state index contributed by atoms with van der Waals surface area (Å²) in [5, 5.41) is 10.7. The number of hydrogen-bond acceptors (Lipinski definition) is 4. The molecule has 0 radical (unpaired) electrons. The first kappa shape index (κ1) is 23.5. The number of benzene rings is 2. The van der Waals surface area contributed by atoms with Gasteiger partial charge in [0.1, 0.15) is 11.5 Å². The van der Waals surface area contributed by atoms with Crippen molar-refractivity contribution in [2.24, 2.45) is 0 Å². The molecule has 0 saturated heterocycles. The van der Waals surface area contributed by atoms with E-state index in [4.69, 9.17) is 16.3 Å². The minimum atomic E-state index is -2.97. The van der Waals surface area contributed by atoms with Gasteiger partial charge in [-0.05, 0) is 55.3 Å². The molecule has 3 rings (SSSR count). The molecule has 1 aromatic heterocycles. The lowest BCUT2D eigenvalue weighted by Crippen LogP contribution is -2.16. The van der Waals surface area contributed by atoms with E-state index < -0.39 is 24.4 Å². The molecule has 3 aromatic rings. The highest BCUT2D eigenvalue weighted by Gasteiger charge is 2.29. The SMILES string of the molecule is CCCC(C(=O)O)c1c(C)n(C(=O)c2ccc(OC(F)F)cc2)c2cc(Cl)c(OC)cc12. The van der Waals surface area contributed by atoms with Crippen LogP contribution in [0.25, 0.3) is 10.9 Å². The third-order valence-electron chi connectivity index (χ3n) is 5.28. The van der Waals surface area contributed by atoms with Crippen molar-refractivity contribution in [3.05, 3.63) is 58.2 Å². The molecular formula is C23H22ClF2NO5. The fraction of sp³-hybridized carbons (Fsp3) is 0.304. The van der Waals surface area contributed by atoms with Gasteiger partial charge in [0.05, 0.1) is 23.6 Å². The van der Waals surface area contributed by atoms with Gasteiger partial charge >= 0.3 is 12.6 Å². The van der Waals surface area contributed by atoms with Crippen LogP contribution in [0.4, 0.5) is 8.78 Å². The van der Waals surface area contributed by atoms with Crippen LogP contribution < -0.4 is 9.47 Å². The molecule has 1 atom stereocenters. The first-order valence-corrected chi connectivity index (χ1v) is 10.3. The number of ether oxygens (including phenoxy) is 2. The van der Waals surface area contributed by atoms with Gasteiger partial charge in [0.25, 0.3) is 5.91 Å². The molecule has 0 saturated carbocycles. The van der Waals surface area contributed by atoms with Gasteiger partial charge in [0.15, 0.2) is 0 Å². The summed E-state index contributed by atoms with van der Waals surface area (Å²) in [5.74, 6) is -2.00. The molecule has 0 bridgehead atoms. The van der Waals surface area contributed by atoms with Crippen LogP contribution in [0.15, 0.2) is 36.4 Å². The zero-order valence-corrected chi connectivity index (χ0v) is 18.5. The average molecular weight is 466 g/mol. The van der Waals surface area contributed by atoms with Gasteiger partial charge in [-0.1, -0.05) is 24.9 Å². The van der Waals surface area contributed by atoms with Gasteiger partial charge in [-0.15, -0.1) is 0 Å². The zero-order valence-electron chi connectivity index (χ0n) is 17.7. The highest BCUT2D eigenvalue weighted by molar-refractivity contribution is 6.33. The van der Waals surface area contributed by atoms with Crippen molar-refractivity contribution in [3.63, 3.8) is 0 Å². The maximum absolute atomic E-state index is 13.4. The third kappa shape index (κ3) is 4.41. The molecule has 0 aliphatic heterocycles. The van der Waals surface area contributed by atoms with E-state index in [1.54, 1.807) is 19.1 Å². The highest BCUT2D eigenvalue weighted by atomic mass is 35.5. The topological polar surface area (TPSA) is 77.8 Å². The van der Waals surface area contributed by atoms with Gasteiger partial charge in [-0.2, -0.15) is 8.78 Å². The van der Waals surface area contributed by atoms with Crippen molar-refractivity contribution in [2.75, 3.05) is 7.11 Å². The molecule has 0 aliphatic carbocycles. The number of carbonyl (C=O) groups excluding carboxylic acids is 1. The molecule has 1 N–H and O–H groups in total. The van der Waals surface area contributed by atoms with E-state index in [1.807, 2.05) is 6.92 Å². The first-order chi connectivity index (χ1) is 15.2. The van der Waals surface area contributed by atoms with Crippen LogP contribution >= 0.6 is 11.6 Å². The van der Waals surface area contributed by atoms with E-state index in [9.17, 15) is 23.5 Å². The summed E-state index contributed by atoms with van der Waals surface area (Å²) < 4.78 is 35.9. The Morgan fingerprint density at radius 2 is 1.84 bits per heavy atom. The number of carboxylic acids is 1. The Morgan fingerprint density at radius 3 is 2.38 bits per heavy atom. The van der Waals surface area contributed by atoms with Crippen LogP contribution in [-0.2, 0) is 4.79 Å². The maximum Gasteiger partial charge on any atom is 0.387 e. The third-order valence-corrected chi connectivity index (χ3v) is 5.58. The van der Waals surface area contributed by atoms with E-state index in [1.165, 1.54) is 35.9 Å². The fourth-order valence-electron chi connectivity index (χ4n) is 3.89. The lowest BCUT2D eigenvalue weighted by molar-refractivity contribution is -0.139. The number of aromatic nitrogens is 1. The summed E-state index contributed by atoms with van der Waals surface area (Å²) in [5.41, 5.74) is 1.62. The number of carbonyl (C=O) groups is 2. The quantitative estimate of drug-likeness (QED) is 0.450. The number of carboxylic acid groups (broad SMARTS) is 1. The van der Waals surface area contributed by atoms with Gasteiger partial charge < -0.3 is 14.6 Å². The second-order valence-corrected chi connectivity index (χ2v) is 7.63. The Balaban J connectivity index is 2.22. The average Bonchev–Trinajstić information content (AvgIpc) is 3.01. The van der Waals surface area contributed by atoms with E-state index >= 15 is 0 Å². The standard InChI is InChI=1S/C23H22ClF2NO5/c1-4-5-15(22(29)30)20-12(2)27(18-11-17(24)19(31-3)10-16(18)20)21(28)13-6-8-14(9-7-13)32-23(25)26/h6-11,15,23H,4-5H2,1-3H3,(H,29,30). The second-order valence-electron chi connectivity index (χ2n) is 7.23. The highest BCUT2D eigenvalue weighted by Crippen LogP contribution is 2.39. The lowest BCUT2D eigenvalue weighted by atomic mass is 9.92. The molecule has 6 nitrogen and oxygen atoms in total. The van der Waals surface area contributed by atoms with E-state index in [-0.39, 0.29) is 16.3 Å². The number of rotatable bonds is 8. The smallest absolute Gasteiger partial charge is 0.387 e. The Hall–Kier alpha value is -3.13. The zero-order chi connectivity index (χ0) is 23.6. The van der Waals surface area contributed by atoms with Crippen LogP contribution in [0.2, 0.25) is 5.02 Å². The molecule has 1 heterocycles. The molecular weight excluding hydrogens is 444 g/mol. The minimum absolute atomic E-state index is 0.0759. The van der Waals surface area contributed by atoms with E-state index in [0.717, 1.165) is 0 Å². The predicted molar refractivity (Wildman–Crippen MR) is 116 cm³/mol. The number of hydrogen-bond donors (Lipinski definition) is 1. The monoisotopic (exact) mass is 465 g/mol. The first-order valence-electron chi connectivity index (χ1n) is 9.90. The number of nitrogens with zero attached hydrogens (tertiary/aromatic N) is 1. The van der Waals surface area contributed by atoms with Gasteiger partial charge in [-0.3, -0.25) is 14.2 Å². The summed E-state index contributed by atoms with van der Waals surface area (Å²) in [6.07, 6.45) is 1.02. The number of aliphatic carboxylic acids is 1. The van der Waals surface area contributed by atoms with Gasteiger partial charge in [-0.25, -0.2) is 0 Å². The van der Waals surface area contributed by atoms with Crippen LogP contribution in [-0.4, -0.2) is 35.3 Å². The summed E-state index contributed by atoms with van der Waals surface area (Å²) in [4.78, 5) is 25.5. The lowest BCUT2D eigenvalue weighted by Gasteiger charge is -2.13. The van der Waals surface area contributed by atoms with Crippen LogP contribution in [0.5, 0.6) is 11.5 Å². The van der Waals surface area contributed by atoms with Crippen molar-refractivity contribution in [1.29, 1.82) is 0 Å². The number of alkyl halides is 2. The molecule has 0 fully saturated rings. The number of fused-ring (bicyclic) bond motifs is 1. The van der Waals surface area contributed by atoms with Crippen LogP contribution in [0, 0.1) is 6.92 Å². The normalized spacial score (nSPS) is 12.2. The molecule has 32 heavy (non-hydrogen) atoms. The summed E-state index contributed by atoms with van der Waals surface area (Å²) in [6, 6.07) is 8.48. The summed E-state index contributed by atoms with van der Waals surface area (Å²) in [7, 11) is 1.45. The van der Waals surface area contributed by atoms with Gasteiger partial charge in [0, 0.05) is 16.6 Å². The van der Waals surface area contributed by atoms with E-state index in [0.29, 0.717) is 40.8 Å². The summed E-state index contributed by atoms with van der Waals surface area (Å²) in [6.45, 7) is 0.585. The van der Waals surface area contributed by atoms with Crippen molar-refractivity contribution in [3.8, 4) is 11.5 Å². The van der Waals surface area contributed by atoms with Crippen molar-refractivity contribution in [2.45, 2.75) is 39.2 Å². The van der Waals surface area contributed by atoms with Crippen LogP contribution in [0.3, 0.4) is 0 Å². The largest absolute Gasteiger partial charge is 0.495 e. The summed E-state index contributed by atoms with van der Waals surface area (Å²) >= 11 is 6.31. The molecule has 1 unspecified atom stereocenters. The minimum Gasteiger partial charge on any atom is -0.495 e. The predicted octanol–water partition coefficient (Wildman–Crippen LogP) is 5.87. The van der Waals surface area contributed by atoms with Crippen molar-refractivity contribution in [1.82, 2.24) is 4.57 Å². The Labute approximate surface area is 188 Å². The Morgan fingerprint density at radius 1 is 1.19 bits per heavy atom. The van der Waals surface area contributed by atoms with Crippen LogP contribution in [0.1, 0.15) is 47.3 Å². The maximum atomic E-state index is 13.4. The number of halogens is 3. The van der Waals surface area contributed by atoms with Gasteiger partial charge in [0.2, 0.25) is 0 Å². The molecule has 0 amide bonds. The Bertz CT molecular complexity index is 1160. The molecule has 0 spiro atoms. The van der Waals surface area contributed by atoms with E-state index in [2.05, 4.69) is 4.74 Å².